The summed E-state index contributed by atoms with van der Waals surface area (Å²) in [7, 11) is 0. The molecule has 0 radical (unpaired) electrons. The van der Waals surface area contributed by atoms with E-state index in [9.17, 15) is 9.59 Å². The van der Waals surface area contributed by atoms with Gasteiger partial charge in [-0.15, -0.1) is 0 Å². The molecule has 1 unspecified atom stereocenters. The number of nitrogens with one attached hydrogen (secondary N) is 2. The van der Waals surface area contributed by atoms with Crippen molar-refractivity contribution in [3.63, 3.8) is 0 Å². The highest BCUT2D eigenvalue weighted by Gasteiger charge is 2.16. The fraction of sp³-hybridized carbons (Fsp3) is 0.222. The maximum atomic E-state index is 12.1. The number of amides is 2. The maximum absolute atomic E-state index is 12.1. The highest BCUT2D eigenvalue weighted by molar-refractivity contribution is 6.35. The van der Waals surface area contributed by atoms with Crippen molar-refractivity contribution in [3.8, 4) is 5.75 Å². The lowest BCUT2D eigenvalue weighted by atomic mass is 10.2. The highest BCUT2D eigenvalue weighted by atomic mass is 35.5. The van der Waals surface area contributed by atoms with Gasteiger partial charge in [-0.1, -0.05) is 35.3 Å². The molecule has 2 N–H and O–H groups in total. The Labute approximate surface area is 156 Å². The van der Waals surface area contributed by atoms with Crippen LogP contribution in [0.5, 0.6) is 5.75 Å². The molecule has 0 bridgehead atoms. The second kappa shape index (κ2) is 8.74. The van der Waals surface area contributed by atoms with E-state index in [1.165, 1.54) is 6.92 Å². The zero-order chi connectivity index (χ0) is 18.4. The third kappa shape index (κ3) is 5.96. The molecule has 0 aliphatic carbocycles. The molecule has 2 aromatic rings. The van der Waals surface area contributed by atoms with Gasteiger partial charge in [0.05, 0.1) is 5.02 Å². The quantitative estimate of drug-likeness (QED) is 0.794. The first-order valence-corrected chi connectivity index (χ1v) is 8.36. The van der Waals surface area contributed by atoms with Crippen LogP contribution in [0, 0.1) is 0 Å². The van der Waals surface area contributed by atoms with Crippen molar-refractivity contribution < 1.29 is 14.3 Å². The summed E-state index contributed by atoms with van der Waals surface area (Å²) in [6.45, 7) is 3.43. The van der Waals surface area contributed by atoms with E-state index in [4.69, 9.17) is 27.9 Å². The SMILES string of the molecule is CC(=O)Nc1ccc(CNC(=O)C(C)Oc2ccc(Cl)cc2Cl)cc1. The van der Waals surface area contributed by atoms with Gasteiger partial charge in [0.25, 0.3) is 5.91 Å². The first-order chi connectivity index (χ1) is 11.8. The summed E-state index contributed by atoms with van der Waals surface area (Å²) in [6.07, 6.45) is -0.711. The van der Waals surface area contributed by atoms with Gasteiger partial charge in [-0.2, -0.15) is 0 Å². The van der Waals surface area contributed by atoms with Crippen LogP contribution in [-0.2, 0) is 16.1 Å². The monoisotopic (exact) mass is 380 g/mol. The van der Waals surface area contributed by atoms with Gasteiger partial charge in [0.2, 0.25) is 5.91 Å². The molecule has 0 aliphatic heterocycles. The summed E-state index contributed by atoms with van der Waals surface area (Å²) in [4.78, 5) is 23.1. The Morgan fingerprint density at radius 3 is 2.40 bits per heavy atom. The van der Waals surface area contributed by atoms with Crippen molar-refractivity contribution in [1.29, 1.82) is 0 Å². The van der Waals surface area contributed by atoms with Crippen LogP contribution in [0.25, 0.3) is 0 Å². The lowest BCUT2D eigenvalue weighted by Gasteiger charge is -2.16. The average Bonchev–Trinajstić information content (AvgIpc) is 2.56. The second-order valence-electron chi connectivity index (χ2n) is 5.43. The topological polar surface area (TPSA) is 67.4 Å². The largest absolute Gasteiger partial charge is 0.479 e. The van der Waals surface area contributed by atoms with Crippen molar-refractivity contribution >= 4 is 40.7 Å². The molecule has 25 heavy (non-hydrogen) atoms. The number of benzene rings is 2. The molecule has 7 heteroatoms. The van der Waals surface area contributed by atoms with Crippen LogP contribution in [0.2, 0.25) is 10.0 Å². The van der Waals surface area contributed by atoms with Crippen LogP contribution in [0.3, 0.4) is 0 Å². The van der Waals surface area contributed by atoms with Gasteiger partial charge in [0.1, 0.15) is 5.75 Å². The molecular weight excluding hydrogens is 363 g/mol. The number of hydrogen-bond acceptors (Lipinski definition) is 3. The minimum absolute atomic E-state index is 0.132. The molecule has 5 nitrogen and oxygen atoms in total. The van der Waals surface area contributed by atoms with Crippen molar-refractivity contribution in [3.05, 3.63) is 58.1 Å². The standard InChI is InChI=1S/C18H18Cl2N2O3/c1-11(25-17-8-5-14(19)9-16(17)20)18(24)21-10-13-3-6-15(7-4-13)22-12(2)23/h3-9,11H,10H2,1-2H3,(H,21,24)(H,22,23). The maximum Gasteiger partial charge on any atom is 0.261 e. The van der Waals surface area contributed by atoms with E-state index in [1.807, 2.05) is 12.1 Å². The van der Waals surface area contributed by atoms with Crippen LogP contribution >= 0.6 is 23.2 Å². The van der Waals surface area contributed by atoms with Crippen LogP contribution in [0.15, 0.2) is 42.5 Å². The first kappa shape index (κ1) is 19.1. The lowest BCUT2D eigenvalue weighted by Crippen LogP contribution is -2.35. The molecule has 0 fully saturated rings. The molecule has 2 amide bonds. The minimum Gasteiger partial charge on any atom is -0.479 e. The number of halogens is 2. The Kier molecular flexibility index (Phi) is 6.67. The molecular formula is C18H18Cl2N2O3. The molecule has 0 aliphatic rings. The third-order valence-corrected chi connectivity index (χ3v) is 3.84. The molecule has 0 saturated carbocycles. The van der Waals surface area contributed by atoms with Crippen LogP contribution in [0.4, 0.5) is 5.69 Å². The Morgan fingerprint density at radius 1 is 1.12 bits per heavy atom. The molecule has 132 valence electrons. The Morgan fingerprint density at radius 2 is 1.80 bits per heavy atom. The Hall–Kier alpha value is -2.24. The lowest BCUT2D eigenvalue weighted by molar-refractivity contribution is -0.127. The predicted molar refractivity (Wildman–Crippen MR) is 99.1 cm³/mol. The van der Waals surface area contributed by atoms with Crippen molar-refractivity contribution in [2.24, 2.45) is 0 Å². The van der Waals surface area contributed by atoms with Gasteiger partial charge < -0.3 is 15.4 Å². The van der Waals surface area contributed by atoms with E-state index in [1.54, 1.807) is 37.3 Å². The van der Waals surface area contributed by atoms with Crippen LogP contribution < -0.4 is 15.4 Å². The normalized spacial score (nSPS) is 11.5. The summed E-state index contributed by atoms with van der Waals surface area (Å²) in [5.41, 5.74) is 1.61. The Bertz CT molecular complexity index is 763. The Balaban J connectivity index is 1.87. The van der Waals surface area contributed by atoms with Gasteiger partial charge in [0, 0.05) is 24.2 Å². The number of anilines is 1. The number of carbonyl (C=O) groups excluding carboxylic acids is 2. The fourth-order valence-electron chi connectivity index (χ4n) is 2.06. The summed E-state index contributed by atoms with van der Waals surface area (Å²) >= 11 is 11.9. The smallest absolute Gasteiger partial charge is 0.261 e. The van der Waals surface area contributed by atoms with E-state index in [0.717, 1.165) is 5.56 Å². The van der Waals surface area contributed by atoms with Gasteiger partial charge in [0.15, 0.2) is 6.10 Å². The second-order valence-corrected chi connectivity index (χ2v) is 6.27. The van der Waals surface area contributed by atoms with Crippen molar-refractivity contribution in [2.45, 2.75) is 26.5 Å². The number of carbonyl (C=O) groups is 2. The summed E-state index contributed by atoms with van der Waals surface area (Å²) < 4.78 is 5.56. The molecule has 1 atom stereocenters. The first-order valence-electron chi connectivity index (χ1n) is 7.61. The van der Waals surface area contributed by atoms with E-state index < -0.39 is 6.10 Å². The number of ether oxygens (including phenoxy) is 1. The van der Waals surface area contributed by atoms with Gasteiger partial charge in [-0.05, 0) is 42.8 Å². The zero-order valence-corrected chi connectivity index (χ0v) is 15.3. The van der Waals surface area contributed by atoms with E-state index in [-0.39, 0.29) is 11.8 Å². The molecule has 2 rings (SSSR count). The average molecular weight is 381 g/mol. The molecule has 0 saturated heterocycles. The number of hydrogen-bond donors (Lipinski definition) is 2. The molecule has 0 aromatic heterocycles. The van der Waals surface area contributed by atoms with Gasteiger partial charge >= 0.3 is 0 Å². The van der Waals surface area contributed by atoms with Crippen LogP contribution in [0.1, 0.15) is 19.4 Å². The fourth-order valence-corrected chi connectivity index (χ4v) is 2.51. The van der Waals surface area contributed by atoms with Gasteiger partial charge in [-0.25, -0.2) is 0 Å². The van der Waals surface area contributed by atoms with E-state index >= 15 is 0 Å². The van der Waals surface area contributed by atoms with E-state index in [0.29, 0.717) is 28.0 Å². The molecule has 2 aromatic carbocycles. The van der Waals surface area contributed by atoms with Gasteiger partial charge in [-0.3, -0.25) is 9.59 Å². The summed E-state index contributed by atoms with van der Waals surface area (Å²) in [6, 6.07) is 12.0. The van der Waals surface area contributed by atoms with E-state index in [2.05, 4.69) is 10.6 Å². The van der Waals surface area contributed by atoms with Crippen molar-refractivity contribution in [1.82, 2.24) is 5.32 Å². The van der Waals surface area contributed by atoms with Crippen molar-refractivity contribution in [2.75, 3.05) is 5.32 Å². The third-order valence-electron chi connectivity index (χ3n) is 3.31. The molecule has 0 heterocycles. The molecule has 0 spiro atoms. The zero-order valence-electron chi connectivity index (χ0n) is 13.8. The summed E-state index contributed by atoms with van der Waals surface area (Å²) in [5.74, 6) is -0.00165. The number of rotatable bonds is 6. The predicted octanol–water partition coefficient (Wildman–Crippen LogP) is 4.04. The van der Waals surface area contributed by atoms with Crippen LogP contribution in [-0.4, -0.2) is 17.9 Å². The summed E-state index contributed by atoms with van der Waals surface area (Å²) in [5, 5.41) is 6.32. The highest BCUT2D eigenvalue weighted by Crippen LogP contribution is 2.28. The minimum atomic E-state index is -0.711.